The van der Waals surface area contributed by atoms with Crippen molar-refractivity contribution in [2.24, 2.45) is 0 Å². The molecule has 1 aliphatic heterocycles. The predicted octanol–water partition coefficient (Wildman–Crippen LogP) is 4.22. The Morgan fingerprint density at radius 1 is 0.862 bits per heavy atom. The van der Waals surface area contributed by atoms with Gasteiger partial charge in [-0.1, -0.05) is 74.0 Å². The van der Waals surface area contributed by atoms with Gasteiger partial charge < -0.3 is 9.80 Å². The van der Waals surface area contributed by atoms with Crippen LogP contribution in [0.1, 0.15) is 50.7 Å². The van der Waals surface area contributed by atoms with E-state index < -0.39 is 5.41 Å². The summed E-state index contributed by atoms with van der Waals surface area (Å²) in [6, 6.07) is 20.0. The number of rotatable bonds is 6. The molecule has 0 aromatic heterocycles. The monoisotopic (exact) mass is 392 g/mol. The minimum Gasteiger partial charge on any atom is -0.339 e. The molecule has 2 aromatic rings. The van der Waals surface area contributed by atoms with Crippen LogP contribution >= 0.6 is 0 Å². The standard InChI is InChI=1S/C25H32N2O2/c1-4-11-22(20-12-7-5-8-13-20)23(28)26-16-18-27(19-17-26)24(29)25(2,3)21-14-9-6-10-15-21/h5-10,12-15,22H,4,11,16-19H2,1-3H3. The summed E-state index contributed by atoms with van der Waals surface area (Å²) < 4.78 is 0. The van der Waals surface area contributed by atoms with Crippen molar-refractivity contribution in [2.75, 3.05) is 26.2 Å². The number of hydrogen-bond acceptors (Lipinski definition) is 2. The summed E-state index contributed by atoms with van der Waals surface area (Å²) in [5.41, 5.74) is 1.54. The zero-order valence-electron chi connectivity index (χ0n) is 17.8. The zero-order chi connectivity index (χ0) is 20.9. The van der Waals surface area contributed by atoms with E-state index in [2.05, 4.69) is 6.92 Å². The van der Waals surface area contributed by atoms with Gasteiger partial charge in [-0.3, -0.25) is 9.59 Å². The van der Waals surface area contributed by atoms with Crippen LogP contribution in [0.25, 0.3) is 0 Å². The van der Waals surface area contributed by atoms with Gasteiger partial charge in [0, 0.05) is 26.2 Å². The molecule has 3 rings (SSSR count). The molecule has 0 radical (unpaired) electrons. The van der Waals surface area contributed by atoms with Crippen molar-refractivity contribution in [3.05, 3.63) is 71.8 Å². The summed E-state index contributed by atoms with van der Waals surface area (Å²) in [5, 5.41) is 0. The first-order chi connectivity index (χ1) is 13.9. The Morgan fingerprint density at radius 3 is 1.93 bits per heavy atom. The third-order valence-corrected chi connectivity index (χ3v) is 5.99. The molecule has 1 atom stereocenters. The molecular formula is C25H32N2O2. The Balaban J connectivity index is 1.65. The highest BCUT2D eigenvalue weighted by atomic mass is 16.2. The molecule has 1 saturated heterocycles. The molecule has 1 heterocycles. The third-order valence-electron chi connectivity index (χ3n) is 5.99. The number of nitrogens with zero attached hydrogens (tertiary/aromatic N) is 2. The predicted molar refractivity (Wildman–Crippen MR) is 117 cm³/mol. The van der Waals surface area contributed by atoms with Gasteiger partial charge in [-0.25, -0.2) is 0 Å². The molecule has 4 heteroatoms. The van der Waals surface area contributed by atoms with Crippen LogP contribution in [0.2, 0.25) is 0 Å². The second kappa shape index (κ2) is 9.25. The van der Waals surface area contributed by atoms with Gasteiger partial charge >= 0.3 is 0 Å². The van der Waals surface area contributed by atoms with Crippen molar-refractivity contribution >= 4 is 11.8 Å². The molecule has 0 bridgehead atoms. The Kier molecular flexibility index (Phi) is 6.73. The Bertz CT molecular complexity index is 809. The maximum atomic E-state index is 13.2. The van der Waals surface area contributed by atoms with Gasteiger partial charge in [0.1, 0.15) is 0 Å². The largest absolute Gasteiger partial charge is 0.339 e. The lowest BCUT2D eigenvalue weighted by molar-refractivity contribution is -0.143. The fourth-order valence-corrected chi connectivity index (χ4v) is 4.13. The van der Waals surface area contributed by atoms with E-state index in [1.54, 1.807) is 0 Å². The average Bonchev–Trinajstić information content (AvgIpc) is 2.78. The van der Waals surface area contributed by atoms with E-state index in [0.29, 0.717) is 26.2 Å². The fourth-order valence-electron chi connectivity index (χ4n) is 4.13. The highest BCUT2D eigenvalue weighted by Gasteiger charge is 2.36. The van der Waals surface area contributed by atoms with Gasteiger partial charge in [-0.05, 0) is 31.4 Å². The number of benzene rings is 2. The molecule has 4 nitrogen and oxygen atoms in total. The molecule has 1 aliphatic rings. The van der Waals surface area contributed by atoms with Gasteiger partial charge in [-0.15, -0.1) is 0 Å². The van der Waals surface area contributed by atoms with Crippen molar-refractivity contribution < 1.29 is 9.59 Å². The van der Waals surface area contributed by atoms with E-state index >= 15 is 0 Å². The normalized spacial score (nSPS) is 15.8. The summed E-state index contributed by atoms with van der Waals surface area (Å²) in [7, 11) is 0. The topological polar surface area (TPSA) is 40.6 Å². The zero-order valence-corrected chi connectivity index (χ0v) is 17.8. The molecule has 2 aromatic carbocycles. The van der Waals surface area contributed by atoms with Gasteiger partial charge in [-0.2, -0.15) is 0 Å². The lowest BCUT2D eigenvalue weighted by Crippen LogP contribution is -2.55. The van der Waals surface area contributed by atoms with Gasteiger partial charge in [0.15, 0.2) is 0 Å². The number of piperazine rings is 1. The third kappa shape index (κ3) is 4.69. The quantitative estimate of drug-likeness (QED) is 0.739. The molecule has 0 N–H and O–H groups in total. The van der Waals surface area contributed by atoms with Crippen molar-refractivity contribution in [2.45, 2.75) is 44.9 Å². The first-order valence-corrected chi connectivity index (χ1v) is 10.6. The van der Waals surface area contributed by atoms with Gasteiger partial charge in [0.2, 0.25) is 11.8 Å². The molecule has 2 amide bonds. The first-order valence-electron chi connectivity index (χ1n) is 10.6. The maximum absolute atomic E-state index is 13.2. The second-order valence-corrected chi connectivity index (χ2v) is 8.36. The molecule has 1 fully saturated rings. The second-order valence-electron chi connectivity index (χ2n) is 8.36. The van der Waals surface area contributed by atoms with Crippen LogP contribution in [0, 0.1) is 0 Å². The van der Waals surface area contributed by atoms with Crippen molar-refractivity contribution in [1.29, 1.82) is 0 Å². The van der Waals surface area contributed by atoms with Crippen molar-refractivity contribution in [3.8, 4) is 0 Å². The van der Waals surface area contributed by atoms with Crippen molar-refractivity contribution in [3.63, 3.8) is 0 Å². The summed E-state index contributed by atoms with van der Waals surface area (Å²) in [4.78, 5) is 30.2. The highest BCUT2D eigenvalue weighted by molar-refractivity contribution is 5.88. The SMILES string of the molecule is CCCC(C(=O)N1CCN(C(=O)C(C)(C)c2ccccc2)CC1)c1ccccc1. The molecule has 1 unspecified atom stereocenters. The summed E-state index contributed by atoms with van der Waals surface area (Å²) in [6.07, 6.45) is 1.82. The van der Waals surface area contributed by atoms with Gasteiger partial charge in [0.05, 0.1) is 11.3 Å². The van der Waals surface area contributed by atoms with Crippen LogP contribution in [0.4, 0.5) is 0 Å². The van der Waals surface area contributed by atoms with Gasteiger partial charge in [0.25, 0.3) is 0 Å². The van der Waals surface area contributed by atoms with Crippen LogP contribution in [-0.4, -0.2) is 47.8 Å². The molecule has 0 spiro atoms. The van der Waals surface area contributed by atoms with E-state index in [1.165, 1.54) is 0 Å². The molecule has 0 aliphatic carbocycles. The molecular weight excluding hydrogens is 360 g/mol. The number of carbonyl (C=O) groups is 2. The van der Waals surface area contributed by atoms with E-state index in [1.807, 2.05) is 84.3 Å². The van der Waals surface area contributed by atoms with Crippen LogP contribution in [0.5, 0.6) is 0 Å². The minimum atomic E-state index is -0.567. The minimum absolute atomic E-state index is 0.0933. The van der Waals surface area contributed by atoms with Crippen LogP contribution in [0.15, 0.2) is 60.7 Å². The van der Waals surface area contributed by atoms with E-state index in [4.69, 9.17) is 0 Å². The lowest BCUT2D eigenvalue weighted by Gasteiger charge is -2.39. The number of amides is 2. The summed E-state index contributed by atoms with van der Waals surface area (Å²) in [5.74, 6) is 0.223. The maximum Gasteiger partial charge on any atom is 0.232 e. The lowest BCUT2D eigenvalue weighted by atomic mass is 9.83. The molecule has 29 heavy (non-hydrogen) atoms. The van der Waals surface area contributed by atoms with Crippen LogP contribution in [-0.2, 0) is 15.0 Å². The highest BCUT2D eigenvalue weighted by Crippen LogP contribution is 2.28. The average molecular weight is 393 g/mol. The van der Waals surface area contributed by atoms with Crippen LogP contribution < -0.4 is 0 Å². The Morgan fingerprint density at radius 2 is 1.38 bits per heavy atom. The van der Waals surface area contributed by atoms with E-state index in [-0.39, 0.29) is 17.7 Å². The Hall–Kier alpha value is -2.62. The number of hydrogen-bond donors (Lipinski definition) is 0. The smallest absolute Gasteiger partial charge is 0.232 e. The fraction of sp³-hybridized carbons (Fsp3) is 0.440. The van der Waals surface area contributed by atoms with E-state index in [9.17, 15) is 9.59 Å². The molecule has 0 saturated carbocycles. The molecule has 154 valence electrons. The van der Waals surface area contributed by atoms with E-state index in [0.717, 1.165) is 24.0 Å². The summed E-state index contributed by atoms with van der Waals surface area (Å²) >= 11 is 0. The number of carbonyl (C=O) groups excluding carboxylic acids is 2. The summed E-state index contributed by atoms with van der Waals surface area (Å²) in [6.45, 7) is 8.46. The first kappa shape index (κ1) is 21.1. The van der Waals surface area contributed by atoms with Crippen LogP contribution in [0.3, 0.4) is 0 Å². The Labute approximate surface area is 174 Å². The van der Waals surface area contributed by atoms with Crippen molar-refractivity contribution in [1.82, 2.24) is 9.80 Å².